The van der Waals surface area contributed by atoms with Crippen molar-refractivity contribution in [1.82, 2.24) is 19.7 Å². The molecule has 35 heavy (non-hydrogen) atoms. The van der Waals surface area contributed by atoms with Crippen molar-refractivity contribution in [2.24, 2.45) is 12.1 Å². The predicted molar refractivity (Wildman–Crippen MR) is 124 cm³/mol. The van der Waals surface area contributed by atoms with Crippen molar-refractivity contribution in [1.29, 1.82) is 5.26 Å². The second-order valence-electron chi connectivity index (χ2n) is 8.65. The average Bonchev–Trinajstić information content (AvgIpc) is 3.43. The van der Waals surface area contributed by atoms with E-state index in [-0.39, 0.29) is 36.5 Å². The summed E-state index contributed by atoms with van der Waals surface area (Å²) in [6.07, 6.45) is 3.38. The molecule has 1 fully saturated rings. The first-order valence-corrected chi connectivity index (χ1v) is 11.1. The maximum atomic E-state index is 14.5. The number of nitriles is 1. The van der Waals surface area contributed by atoms with Gasteiger partial charge in [-0.1, -0.05) is 0 Å². The van der Waals surface area contributed by atoms with Crippen molar-refractivity contribution in [3.05, 3.63) is 70.9 Å². The molecule has 2 aliphatic heterocycles. The van der Waals surface area contributed by atoms with Gasteiger partial charge in [0.15, 0.2) is 11.6 Å². The minimum absolute atomic E-state index is 0.112. The summed E-state index contributed by atoms with van der Waals surface area (Å²) in [5.41, 5.74) is 3.31. The maximum Gasteiger partial charge on any atom is 0.341 e. The van der Waals surface area contributed by atoms with Crippen LogP contribution in [0.4, 0.5) is 13.6 Å². The van der Waals surface area contributed by atoms with E-state index in [1.807, 2.05) is 20.0 Å². The van der Waals surface area contributed by atoms with Gasteiger partial charge < -0.3 is 9.64 Å². The lowest BCUT2D eigenvalue weighted by molar-refractivity contribution is 0.0257. The number of urea groups is 1. The molecular weight excluding hydrogens is 454 g/mol. The molecule has 0 N–H and O–H groups in total. The topological polar surface area (TPSA) is 86.8 Å². The van der Waals surface area contributed by atoms with Crippen LogP contribution in [0.15, 0.2) is 47.7 Å². The van der Waals surface area contributed by atoms with Crippen molar-refractivity contribution < 1.29 is 18.3 Å². The molecule has 0 bridgehead atoms. The largest absolute Gasteiger partial charge is 0.484 e. The number of aryl methyl sites for hydroxylation is 2. The molecule has 0 spiro atoms. The number of amides is 2. The Hall–Kier alpha value is -4.26. The van der Waals surface area contributed by atoms with Crippen LogP contribution >= 0.6 is 0 Å². The van der Waals surface area contributed by atoms with Crippen molar-refractivity contribution >= 4 is 12.2 Å². The van der Waals surface area contributed by atoms with E-state index >= 15 is 0 Å². The molecule has 1 unspecified atom stereocenters. The molecule has 178 valence electrons. The lowest BCUT2D eigenvalue weighted by atomic mass is 10.0. The minimum Gasteiger partial charge on any atom is -0.484 e. The van der Waals surface area contributed by atoms with Gasteiger partial charge in [0.1, 0.15) is 11.9 Å². The summed E-state index contributed by atoms with van der Waals surface area (Å²) >= 11 is 0. The number of hydrazone groups is 1. The Kier molecular flexibility index (Phi) is 5.68. The van der Waals surface area contributed by atoms with Crippen molar-refractivity contribution in [3.8, 4) is 23.1 Å². The van der Waals surface area contributed by atoms with Gasteiger partial charge >= 0.3 is 6.03 Å². The summed E-state index contributed by atoms with van der Waals surface area (Å²) in [7, 11) is 1.82. The standard InChI is InChI=1S/C25H22F2N6O2/c1-15-12-30-31(2)24(15)17-3-4-21(27)23(10-17)35-20-13-32(14-20)25(34)33-22(5-6-29-33)18-7-16(11-28)8-19(26)9-18/h3-4,6-10,12,20,22H,5,13-14H2,1-2H3. The highest BCUT2D eigenvalue weighted by Crippen LogP contribution is 2.33. The molecule has 2 amide bonds. The van der Waals surface area contributed by atoms with Crippen LogP contribution in [0.5, 0.6) is 5.75 Å². The van der Waals surface area contributed by atoms with E-state index < -0.39 is 17.7 Å². The van der Waals surface area contributed by atoms with Gasteiger partial charge in [0.2, 0.25) is 0 Å². The Morgan fingerprint density at radius 3 is 2.71 bits per heavy atom. The van der Waals surface area contributed by atoms with Gasteiger partial charge in [-0.25, -0.2) is 18.6 Å². The number of ether oxygens (including phenoxy) is 1. The van der Waals surface area contributed by atoms with Crippen LogP contribution in [0, 0.1) is 29.9 Å². The molecule has 2 aliphatic rings. The summed E-state index contributed by atoms with van der Waals surface area (Å²) in [5, 5.41) is 18.8. The van der Waals surface area contributed by atoms with Gasteiger partial charge in [-0.15, -0.1) is 0 Å². The second kappa shape index (κ2) is 8.83. The van der Waals surface area contributed by atoms with Gasteiger partial charge in [-0.05, 0) is 54.4 Å². The Labute approximate surface area is 200 Å². The Bertz CT molecular complexity index is 1350. The summed E-state index contributed by atoms with van der Waals surface area (Å²) < 4.78 is 36.0. The number of hydrogen-bond acceptors (Lipinski definition) is 5. The summed E-state index contributed by atoms with van der Waals surface area (Å²) in [6.45, 7) is 2.46. The highest BCUT2D eigenvalue weighted by molar-refractivity contribution is 5.79. The number of carbonyl (C=O) groups is 1. The Balaban J connectivity index is 1.25. The second-order valence-corrected chi connectivity index (χ2v) is 8.65. The van der Waals surface area contributed by atoms with E-state index in [4.69, 9.17) is 10.00 Å². The molecule has 3 heterocycles. The zero-order valence-corrected chi connectivity index (χ0v) is 19.2. The lowest BCUT2D eigenvalue weighted by Crippen LogP contribution is -2.58. The zero-order valence-electron chi connectivity index (χ0n) is 19.2. The molecule has 0 aliphatic carbocycles. The van der Waals surface area contributed by atoms with E-state index in [0.29, 0.717) is 12.0 Å². The first-order chi connectivity index (χ1) is 16.8. The van der Waals surface area contributed by atoms with Gasteiger partial charge in [-0.2, -0.15) is 15.5 Å². The predicted octanol–water partition coefficient (Wildman–Crippen LogP) is 4.16. The molecule has 3 aromatic rings. The quantitative estimate of drug-likeness (QED) is 0.566. The van der Waals surface area contributed by atoms with Crippen LogP contribution in [0.25, 0.3) is 11.3 Å². The Morgan fingerprint density at radius 2 is 2.00 bits per heavy atom. The third-order valence-corrected chi connectivity index (χ3v) is 6.20. The average molecular weight is 476 g/mol. The van der Waals surface area contributed by atoms with E-state index in [2.05, 4.69) is 10.2 Å². The number of nitrogens with zero attached hydrogens (tertiary/aromatic N) is 6. The molecule has 0 saturated carbocycles. The van der Waals surface area contributed by atoms with Gasteiger partial charge in [0, 0.05) is 25.2 Å². The highest BCUT2D eigenvalue weighted by Gasteiger charge is 2.39. The van der Waals surface area contributed by atoms with E-state index in [0.717, 1.165) is 22.9 Å². The number of halogens is 2. The van der Waals surface area contributed by atoms with Crippen molar-refractivity contribution in [2.75, 3.05) is 13.1 Å². The number of rotatable bonds is 4. The van der Waals surface area contributed by atoms with Crippen LogP contribution in [-0.4, -0.2) is 51.1 Å². The van der Waals surface area contributed by atoms with Crippen molar-refractivity contribution in [3.63, 3.8) is 0 Å². The molecule has 8 nitrogen and oxygen atoms in total. The molecule has 1 atom stereocenters. The number of hydrogen-bond donors (Lipinski definition) is 0. The molecule has 5 rings (SSSR count). The van der Waals surface area contributed by atoms with E-state index in [9.17, 15) is 13.6 Å². The molecule has 10 heteroatoms. The molecule has 1 saturated heterocycles. The smallest absolute Gasteiger partial charge is 0.341 e. The van der Waals surface area contributed by atoms with Crippen LogP contribution in [-0.2, 0) is 7.05 Å². The molecule has 0 radical (unpaired) electrons. The van der Waals surface area contributed by atoms with Crippen LogP contribution in [0.3, 0.4) is 0 Å². The fourth-order valence-corrected chi connectivity index (χ4v) is 4.44. The highest BCUT2D eigenvalue weighted by atomic mass is 19.1. The van der Waals surface area contributed by atoms with E-state index in [1.54, 1.807) is 35.3 Å². The minimum atomic E-state index is -0.540. The van der Waals surface area contributed by atoms with Crippen LogP contribution in [0.2, 0.25) is 0 Å². The first-order valence-electron chi connectivity index (χ1n) is 11.1. The number of carbonyl (C=O) groups excluding carboxylic acids is 1. The van der Waals surface area contributed by atoms with Crippen LogP contribution < -0.4 is 4.74 Å². The summed E-state index contributed by atoms with van der Waals surface area (Å²) in [5.74, 6) is -0.913. The Morgan fingerprint density at radius 1 is 1.20 bits per heavy atom. The SMILES string of the molecule is Cc1cnn(C)c1-c1ccc(F)c(OC2CN(C(=O)N3N=CCC3c3cc(F)cc(C#N)c3)C2)c1. The third kappa shape index (κ3) is 4.21. The summed E-state index contributed by atoms with van der Waals surface area (Å²) in [6, 6.07) is 9.76. The lowest BCUT2D eigenvalue weighted by Gasteiger charge is -2.41. The first kappa shape index (κ1) is 22.5. The summed E-state index contributed by atoms with van der Waals surface area (Å²) in [4.78, 5) is 14.6. The van der Waals surface area contributed by atoms with Gasteiger partial charge in [-0.3, -0.25) is 4.68 Å². The normalized spacial score (nSPS) is 17.4. The number of likely N-dealkylation sites (tertiary alicyclic amines) is 1. The fourth-order valence-electron chi connectivity index (χ4n) is 4.44. The molecule has 2 aromatic carbocycles. The van der Waals surface area contributed by atoms with E-state index in [1.165, 1.54) is 22.0 Å². The maximum absolute atomic E-state index is 14.5. The van der Waals surface area contributed by atoms with Crippen molar-refractivity contribution in [2.45, 2.75) is 25.5 Å². The van der Waals surface area contributed by atoms with Gasteiger partial charge in [0.05, 0.1) is 42.7 Å². The number of aromatic nitrogens is 2. The van der Waals surface area contributed by atoms with Gasteiger partial charge in [0.25, 0.3) is 0 Å². The van der Waals surface area contributed by atoms with Crippen LogP contribution in [0.1, 0.15) is 29.2 Å². The number of benzene rings is 2. The third-order valence-electron chi connectivity index (χ3n) is 6.20. The zero-order chi connectivity index (χ0) is 24.7. The monoisotopic (exact) mass is 476 g/mol. The molecular formula is C25H22F2N6O2. The fraction of sp³-hybridized carbons (Fsp3) is 0.280. The molecule has 1 aromatic heterocycles.